The van der Waals surface area contributed by atoms with Gasteiger partial charge >= 0.3 is 0 Å². The molecule has 0 fully saturated rings. The monoisotopic (exact) mass is 526 g/mol. The minimum absolute atomic E-state index is 0.422. The molecule has 0 bridgehead atoms. The SMILES string of the molecule is CC.COc1cc(OC)c(Cl)c(-c2ccc(C(C)=N)c(NPI)c2)c1Cl. The zero-order valence-corrected chi connectivity index (χ0v) is 19.9. The van der Waals surface area contributed by atoms with Crippen molar-refractivity contribution in [1.29, 1.82) is 5.41 Å². The molecule has 0 aliphatic rings. The molecule has 0 heterocycles. The topological polar surface area (TPSA) is 54.3 Å². The summed E-state index contributed by atoms with van der Waals surface area (Å²) in [6.45, 7) is 5.75. The summed E-state index contributed by atoms with van der Waals surface area (Å²) < 4.78 is 10.6. The van der Waals surface area contributed by atoms with Gasteiger partial charge in [-0.3, -0.25) is 0 Å². The molecule has 0 amide bonds. The van der Waals surface area contributed by atoms with E-state index in [0.717, 1.165) is 16.8 Å². The molecule has 2 aromatic rings. The van der Waals surface area contributed by atoms with Crippen LogP contribution in [0.5, 0.6) is 11.5 Å². The van der Waals surface area contributed by atoms with Crippen LogP contribution in [0, 0.1) is 5.41 Å². The van der Waals surface area contributed by atoms with Crippen molar-refractivity contribution >= 4 is 63.0 Å². The van der Waals surface area contributed by atoms with Crippen molar-refractivity contribution in [3.63, 3.8) is 0 Å². The summed E-state index contributed by atoms with van der Waals surface area (Å²) in [6, 6.07) is 7.37. The van der Waals surface area contributed by atoms with E-state index in [4.69, 9.17) is 38.1 Å². The van der Waals surface area contributed by atoms with Crippen LogP contribution in [-0.4, -0.2) is 19.9 Å². The number of rotatable bonds is 6. The first-order chi connectivity index (χ1) is 12.4. The Morgan fingerprint density at radius 1 is 1.08 bits per heavy atom. The highest BCUT2D eigenvalue weighted by Crippen LogP contribution is 2.46. The van der Waals surface area contributed by atoms with Crippen molar-refractivity contribution in [2.45, 2.75) is 20.8 Å². The van der Waals surface area contributed by atoms with E-state index in [1.54, 1.807) is 27.2 Å². The number of benzene rings is 2. The van der Waals surface area contributed by atoms with Gasteiger partial charge in [0.1, 0.15) is 11.5 Å². The third-order valence-corrected chi connectivity index (χ3v) is 5.39. The maximum atomic E-state index is 7.91. The molecule has 26 heavy (non-hydrogen) atoms. The van der Waals surface area contributed by atoms with Gasteiger partial charge in [-0.2, -0.15) is 0 Å². The Kier molecular flexibility index (Phi) is 10.0. The quantitative estimate of drug-likeness (QED) is 0.233. The van der Waals surface area contributed by atoms with Gasteiger partial charge < -0.3 is 20.0 Å². The van der Waals surface area contributed by atoms with Gasteiger partial charge in [-0.05, 0) is 40.6 Å². The molecule has 0 aliphatic carbocycles. The van der Waals surface area contributed by atoms with E-state index in [-0.39, 0.29) is 0 Å². The Hall–Kier alpha value is -0.750. The van der Waals surface area contributed by atoms with E-state index in [1.807, 2.05) is 32.0 Å². The summed E-state index contributed by atoms with van der Waals surface area (Å²) in [4.78, 5) is 0. The fraction of sp³-hybridized carbons (Fsp3) is 0.278. The molecule has 0 radical (unpaired) electrons. The summed E-state index contributed by atoms with van der Waals surface area (Å²) in [5.74, 6) is 0.982. The average molecular weight is 527 g/mol. The minimum Gasteiger partial charge on any atom is -0.495 e. The third-order valence-electron chi connectivity index (χ3n) is 3.47. The Balaban J connectivity index is 0.00000163. The van der Waals surface area contributed by atoms with E-state index in [9.17, 15) is 0 Å². The molecule has 4 nitrogen and oxygen atoms in total. The highest BCUT2D eigenvalue weighted by atomic mass is 127. The molecule has 2 aromatic carbocycles. The fourth-order valence-electron chi connectivity index (χ4n) is 2.32. The van der Waals surface area contributed by atoms with Crippen LogP contribution in [0.3, 0.4) is 0 Å². The molecule has 0 aliphatic heterocycles. The standard InChI is InChI=1S/C16H16Cl2IN2O2P.C2H6/c1-8(20)10-5-4-9(6-11(10)21-24-19)14-15(17)12(22-2)7-13(23-3)16(14)18;1-2/h4-7,20-21,24H,1-3H3;1-2H3. The van der Waals surface area contributed by atoms with Gasteiger partial charge in [0.15, 0.2) is 0 Å². The summed E-state index contributed by atoms with van der Waals surface area (Å²) >= 11 is 15.2. The number of methoxy groups -OCH3 is 2. The summed E-state index contributed by atoms with van der Waals surface area (Å²) in [7, 11) is 3.09. The second-order valence-corrected chi connectivity index (χ2v) is 7.70. The predicted molar refractivity (Wildman–Crippen MR) is 125 cm³/mol. The highest BCUT2D eigenvalue weighted by Gasteiger charge is 2.19. The van der Waals surface area contributed by atoms with Gasteiger partial charge in [-0.1, -0.05) is 49.2 Å². The Bertz CT molecular complexity index is 760. The Morgan fingerprint density at radius 3 is 2.04 bits per heavy atom. The van der Waals surface area contributed by atoms with Crippen LogP contribution in [0.1, 0.15) is 26.3 Å². The van der Waals surface area contributed by atoms with Crippen LogP contribution >= 0.6 is 51.6 Å². The first kappa shape index (κ1) is 23.3. The molecule has 0 saturated heterocycles. The summed E-state index contributed by atoms with van der Waals surface area (Å²) in [5.41, 5.74) is 3.65. The molecule has 2 rings (SSSR count). The van der Waals surface area contributed by atoms with Gasteiger partial charge in [0.05, 0.1) is 24.3 Å². The minimum atomic E-state index is 0.422. The maximum absolute atomic E-state index is 7.91. The number of ether oxygens (including phenoxy) is 2. The normalized spacial score (nSPS) is 10.3. The van der Waals surface area contributed by atoms with Gasteiger partial charge in [-0.15, -0.1) is 0 Å². The fourth-order valence-corrected chi connectivity index (χ4v) is 4.22. The van der Waals surface area contributed by atoms with Crippen LogP contribution in [0.25, 0.3) is 11.1 Å². The van der Waals surface area contributed by atoms with Crippen LogP contribution < -0.4 is 14.6 Å². The number of hydrogen-bond acceptors (Lipinski definition) is 4. The van der Waals surface area contributed by atoms with Crippen molar-refractivity contribution in [3.05, 3.63) is 39.9 Å². The average Bonchev–Trinajstić information content (AvgIpc) is 2.64. The van der Waals surface area contributed by atoms with E-state index >= 15 is 0 Å². The largest absolute Gasteiger partial charge is 0.495 e. The lowest BCUT2D eigenvalue weighted by molar-refractivity contribution is 0.395. The van der Waals surface area contributed by atoms with Crippen LogP contribution in [-0.2, 0) is 0 Å². The molecule has 0 aromatic heterocycles. The van der Waals surface area contributed by atoms with Crippen LogP contribution in [0.2, 0.25) is 10.0 Å². The maximum Gasteiger partial charge on any atom is 0.141 e. The second-order valence-electron chi connectivity index (χ2n) is 4.89. The van der Waals surface area contributed by atoms with Gasteiger partial charge in [0.2, 0.25) is 0 Å². The smallest absolute Gasteiger partial charge is 0.141 e. The molecule has 142 valence electrons. The van der Waals surface area contributed by atoms with Gasteiger partial charge in [0, 0.05) is 35.0 Å². The first-order valence-electron chi connectivity index (χ1n) is 7.86. The van der Waals surface area contributed by atoms with Crippen molar-refractivity contribution in [3.8, 4) is 22.6 Å². The lowest BCUT2D eigenvalue weighted by Crippen LogP contribution is -1.99. The Morgan fingerprint density at radius 2 is 1.62 bits per heavy atom. The van der Waals surface area contributed by atoms with Crippen molar-refractivity contribution in [1.82, 2.24) is 0 Å². The highest BCUT2D eigenvalue weighted by molar-refractivity contribution is 14.2. The Labute approximate surface area is 179 Å². The lowest BCUT2D eigenvalue weighted by atomic mass is 10.00. The van der Waals surface area contributed by atoms with Gasteiger partial charge in [0.25, 0.3) is 0 Å². The predicted octanol–water partition coefficient (Wildman–Crippen LogP) is 7.45. The van der Waals surface area contributed by atoms with E-state index in [2.05, 4.69) is 27.1 Å². The van der Waals surface area contributed by atoms with Crippen LogP contribution in [0.4, 0.5) is 5.69 Å². The summed E-state index contributed by atoms with van der Waals surface area (Å²) in [5, 5.41) is 12.0. The summed E-state index contributed by atoms with van der Waals surface area (Å²) in [6.07, 6.45) is 0.476. The van der Waals surface area contributed by atoms with Crippen molar-refractivity contribution in [2.75, 3.05) is 19.3 Å². The molecular weight excluding hydrogens is 505 g/mol. The van der Waals surface area contributed by atoms with E-state index in [1.165, 1.54) is 0 Å². The van der Waals surface area contributed by atoms with E-state index < -0.39 is 0 Å². The number of anilines is 1. The molecule has 0 saturated carbocycles. The lowest BCUT2D eigenvalue weighted by Gasteiger charge is -2.17. The van der Waals surface area contributed by atoms with Crippen molar-refractivity contribution < 1.29 is 9.47 Å². The van der Waals surface area contributed by atoms with Crippen LogP contribution in [0.15, 0.2) is 24.3 Å². The second kappa shape index (κ2) is 11.2. The number of nitrogens with one attached hydrogen (secondary N) is 2. The molecule has 0 spiro atoms. The molecular formula is C18H22Cl2IN2O2P. The molecule has 8 heteroatoms. The van der Waals surface area contributed by atoms with Crippen molar-refractivity contribution in [2.24, 2.45) is 0 Å². The molecule has 2 N–H and O–H groups in total. The van der Waals surface area contributed by atoms with Gasteiger partial charge in [-0.25, -0.2) is 0 Å². The number of halogens is 3. The number of hydrogen-bond donors (Lipinski definition) is 2. The van der Waals surface area contributed by atoms with E-state index in [0.29, 0.717) is 39.2 Å². The molecule has 1 atom stereocenters. The third kappa shape index (κ3) is 5.16. The zero-order valence-electron chi connectivity index (χ0n) is 15.3. The first-order valence-corrected chi connectivity index (χ1v) is 12.7. The molecule has 1 unspecified atom stereocenters. The zero-order chi connectivity index (χ0) is 19.9.